The van der Waals surface area contributed by atoms with Gasteiger partial charge in [-0.15, -0.1) is 11.8 Å². The molecule has 1 saturated carbocycles. The van der Waals surface area contributed by atoms with E-state index in [2.05, 4.69) is 15.6 Å². The van der Waals surface area contributed by atoms with E-state index in [0.29, 0.717) is 34.3 Å². The summed E-state index contributed by atoms with van der Waals surface area (Å²) in [7, 11) is 0. The van der Waals surface area contributed by atoms with Gasteiger partial charge in [0.2, 0.25) is 0 Å². The fourth-order valence-electron chi connectivity index (χ4n) is 3.98. The van der Waals surface area contributed by atoms with Gasteiger partial charge < -0.3 is 10.1 Å². The van der Waals surface area contributed by atoms with Gasteiger partial charge >= 0.3 is 0 Å². The van der Waals surface area contributed by atoms with Crippen LogP contribution in [0.2, 0.25) is 5.02 Å². The predicted molar refractivity (Wildman–Crippen MR) is 101 cm³/mol. The number of thioether (sulfide) groups is 1. The molecule has 0 radical (unpaired) electrons. The number of rotatable bonds is 4. The van der Waals surface area contributed by atoms with E-state index < -0.39 is 0 Å². The highest BCUT2D eigenvalue weighted by molar-refractivity contribution is 8.12. The molecular formula is C18H22ClN3O2S. The van der Waals surface area contributed by atoms with Crippen molar-refractivity contribution in [3.05, 3.63) is 34.9 Å². The third kappa shape index (κ3) is 3.87. The number of hydrogen-bond donors (Lipinski definition) is 2. The second kappa shape index (κ2) is 7.66. The van der Waals surface area contributed by atoms with Gasteiger partial charge in [0, 0.05) is 17.2 Å². The Morgan fingerprint density at radius 2 is 2.28 bits per heavy atom. The molecule has 1 aromatic carbocycles. The standard InChI is InChI=1S/C18H22ClN3O2S/c19-14-4-2-1-3-12(14)18(23)21-9-17-22-11-5-6-15(24-17)13(7-11)16-8-20-10-25-16/h1-4,10-11,13,15-17,22H,5-9H2,(H,21,23). The molecule has 5 unspecified atom stereocenters. The Labute approximate surface area is 156 Å². The normalized spacial score (nSPS) is 34.0. The molecule has 1 aromatic rings. The maximum atomic E-state index is 12.3. The van der Waals surface area contributed by atoms with Gasteiger partial charge in [-0.05, 0) is 31.4 Å². The first-order valence-corrected chi connectivity index (χ1v) is 10.1. The highest BCUT2D eigenvalue weighted by Gasteiger charge is 2.42. The number of aliphatic imine (C=N–C) groups is 1. The lowest BCUT2D eigenvalue weighted by Crippen LogP contribution is -2.44. The molecule has 0 aromatic heterocycles. The summed E-state index contributed by atoms with van der Waals surface area (Å²) in [5.41, 5.74) is 2.47. The van der Waals surface area contributed by atoms with Gasteiger partial charge in [0.05, 0.1) is 35.3 Å². The van der Waals surface area contributed by atoms with E-state index in [0.717, 1.165) is 25.8 Å². The number of benzene rings is 1. The SMILES string of the molecule is O=C(NCC1NC2CCC(O1)C(C1CN=CS1)C2)c1ccccc1Cl. The number of ether oxygens (including phenoxy) is 1. The molecule has 2 bridgehead atoms. The molecular weight excluding hydrogens is 358 g/mol. The second-order valence-electron chi connectivity index (χ2n) is 6.84. The largest absolute Gasteiger partial charge is 0.358 e. The summed E-state index contributed by atoms with van der Waals surface area (Å²) in [6.07, 6.45) is 3.43. The average molecular weight is 380 g/mol. The molecule has 25 heavy (non-hydrogen) atoms. The number of nitrogens with one attached hydrogen (secondary N) is 2. The summed E-state index contributed by atoms with van der Waals surface area (Å²) in [4.78, 5) is 16.7. The third-order valence-electron chi connectivity index (χ3n) is 5.23. The quantitative estimate of drug-likeness (QED) is 0.844. The molecule has 0 spiro atoms. The van der Waals surface area contributed by atoms with Gasteiger partial charge in [-0.2, -0.15) is 0 Å². The van der Waals surface area contributed by atoms with Gasteiger partial charge in [0.1, 0.15) is 6.23 Å². The summed E-state index contributed by atoms with van der Waals surface area (Å²) in [5, 5.41) is 7.51. The van der Waals surface area contributed by atoms with Crippen LogP contribution in [0.5, 0.6) is 0 Å². The number of nitrogens with zero attached hydrogens (tertiary/aromatic N) is 1. The maximum absolute atomic E-state index is 12.3. The Hall–Kier alpha value is -1.08. The molecule has 5 rings (SSSR count). The number of hydrogen-bond acceptors (Lipinski definition) is 5. The molecule has 3 fully saturated rings. The van der Waals surface area contributed by atoms with Crippen molar-refractivity contribution in [3.63, 3.8) is 0 Å². The Bertz CT molecular complexity index is 663. The molecule has 5 nitrogen and oxygen atoms in total. The summed E-state index contributed by atoms with van der Waals surface area (Å²) < 4.78 is 6.32. The van der Waals surface area contributed by atoms with Crippen LogP contribution in [0.1, 0.15) is 29.6 Å². The van der Waals surface area contributed by atoms with Crippen molar-refractivity contribution in [1.82, 2.24) is 10.6 Å². The van der Waals surface area contributed by atoms with Crippen molar-refractivity contribution in [1.29, 1.82) is 0 Å². The number of fused-ring (bicyclic) bond motifs is 4. The topological polar surface area (TPSA) is 62.7 Å². The lowest BCUT2D eigenvalue weighted by molar-refractivity contribution is -0.0386. The van der Waals surface area contributed by atoms with Gasteiger partial charge in [0.15, 0.2) is 0 Å². The summed E-state index contributed by atoms with van der Waals surface area (Å²) >= 11 is 7.93. The van der Waals surface area contributed by atoms with Crippen LogP contribution in [0.4, 0.5) is 0 Å². The third-order valence-corrected chi connectivity index (χ3v) is 6.68. The van der Waals surface area contributed by atoms with E-state index in [4.69, 9.17) is 16.3 Å². The zero-order chi connectivity index (χ0) is 17.2. The van der Waals surface area contributed by atoms with Crippen LogP contribution < -0.4 is 10.6 Å². The molecule has 134 valence electrons. The minimum absolute atomic E-state index is 0.152. The fraction of sp³-hybridized carbons (Fsp3) is 0.556. The molecule has 7 heteroatoms. The van der Waals surface area contributed by atoms with Crippen molar-refractivity contribution in [3.8, 4) is 0 Å². The van der Waals surface area contributed by atoms with Crippen LogP contribution in [0.15, 0.2) is 29.3 Å². The average Bonchev–Trinajstić information content (AvgIpc) is 3.01. The van der Waals surface area contributed by atoms with Crippen molar-refractivity contribution in [2.45, 2.75) is 42.9 Å². The summed E-state index contributed by atoms with van der Waals surface area (Å²) in [6, 6.07) is 7.54. The van der Waals surface area contributed by atoms with E-state index in [9.17, 15) is 4.79 Å². The van der Waals surface area contributed by atoms with Crippen molar-refractivity contribution in [2.24, 2.45) is 10.9 Å². The van der Waals surface area contributed by atoms with Gasteiger partial charge in [0.25, 0.3) is 5.91 Å². The van der Waals surface area contributed by atoms with Crippen LogP contribution in [-0.2, 0) is 4.74 Å². The Morgan fingerprint density at radius 1 is 1.40 bits per heavy atom. The first kappa shape index (κ1) is 17.3. The minimum Gasteiger partial charge on any atom is -0.358 e. The number of halogens is 1. The van der Waals surface area contributed by atoms with E-state index in [1.165, 1.54) is 0 Å². The highest BCUT2D eigenvalue weighted by atomic mass is 35.5. The molecule has 5 atom stereocenters. The predicted octanol–water partition coefficient (Wildman–Crippen LogP) is 2.70. The van der Waals surface area contributed by atoms with Crippen LogP contribution >= 0.6 is 23.4 Å². The van der Waals surface area contributed by atoms with E-state index in [-0.39, 0.29) is 18.2 Å². The van der Waals surface area contributed by atoms with Crippen molar-refractivity contribution < 1.29 is 9.53 Å². The number of carbonyl (C=O) groups excluding carboxylic acids is 1. The number of carbonyl (C=O) groups is 1. The van der Waals surface area contributed by atoms with Crippen LogP contribution in [0.3, 0.4) is 0 Å². The first-order chi connectivity index (χ1) is 12.2. The number of amides is 1. The smallest absolute Gasteiger partial charge is 0.252 e. The van der Waals surface area contributed by atoms with Crippen LogP contribution in [-0.4, -0.2) is 48.2 Å². The van der Waals surface area contributed by atoms with E-state index in [1.54, 1.807) is 12.1 Å². The van der Waals surface area contributed by atoms with Crippen molar-refractivity contribution in [2.75, 3.05) is 13.1 Å². The minimum atomic E-state index is -0.163. The second-order valence-corrected chi connectivity index (χ2v) is 8.33. The molecule has 3 heterocycles. The molecule has 4 aliphatic rings. The fourth-order valence-corrected chi connectivity index (χ4v) is 5.19. The van der Waals surface area contributed by atoms with Crippen molar-refractivity contribution >= 4 is 34.8 Å². The van der Waals surface area contributed by atoms with Gasteiger partial charge in [-0.1, -0.05) is 23.7 Å². The molecule has 1 amide bonds. The highest BCUT2D eigenvalue weighted by Crippen LogP contribution is 2.38. The van der Waals surface area contributed by atoms with Gasteiger partial charge in [-0.3, -0.25) is 15.1 Å². The Balaban J connectivity index is 1.36. The maximum Gasteiger partial charge on any atom is 0.252 e. The zero-order valence-electron chi connectivity index (χ0n) is 13.9. The van der Waals surface area contributed by atoms with E-state index in [1.807, 2.05) is 29.4 Å². The Kier molecular flexibility index (Phi) is 5.31. The molecule has 3 aliphatic heterocycles. The molecule has 1 aliphatic carbocycles. The molecule has 2 N–H and O–H groups in total. The van der Waals surface area contributed by atoms with E-state index >= 15 is 0 Å². The Morgan fingerprint density at radius 3 is 3.08 bits per heavy atom. The lowest BCUT2D eigenvalue weighted by atomic mass is 9.81. The monoisotopic (exact) mass is 379 g/mol. The first-order valence-electron chi connectivity index (χ1n) is 8.78. The lowest BCUT2D eigenvalue weighted by Gasteiger charge is -2.34. The van der Waals surface area contributed by atoms with Crippen LogP contribution in [0, 0.1) is 5.92 Å². The summed E-state index contributed by atoms with van der Waals surface area (Å²) in [6.45, 7) is 1.34. The molecule has 2 saturated heterocycles. The summed E-state index contributed by atoms with van der Waals surface area (Å²) in [5.74, 6) is 0.368. The van der Waals surface area contributed by atoms with Crippen LogP contribution in [0.25, 0.3) is 0 Å². The van der Waals surface area contributed by atoms with Gasteiger partial charge in [-0.25, -0.2) is 0 Å². The zero-order valence-corrected chi connectivity index (χ0v) is 15.4.